The summed E-state index contributed by atoms with van der Waals surface area (Å²) in [6.45, 7) is -0.0320. The molecule has 0 fully saturated rings. The molecule has 14 heavy (non-hydrogen) atoms. The number of hydrogen-bond acceptors (Lipinski definition) is 3. The molecular weight excluding hydrogens is 178 g/mol. The Balaban J connectivity index is 2.37. The Morgan fingerprint density at radius 3 is 3.14 bits per heavy atom. The summed E-state index contributed by atoms with van der Waals surface area (Å²) in [5.74, 6) is 0.720. The number of aliphatic imine (C=N–C) groups is 1. The maximum Gasteiger partial charge on any atom is 0.143 e. The van der Waals surface area contributed by atoms with Gasteiger partial charge < -0.3 is 9.52 Å². The Bertz CT molecular complexity index is 432. The molecular formula is C11H9NO2. The van der Waals surface area contributed by atoms with Crippen LogP contribution in [0.15, 0.2) is 51.4 Å². The fraction of sp³-hybridized carbons (Fsp3) is 0.0909. The van der Waals surface area contributed by atoms with Crippen LogP contribution in [-0.4, -0.2) is 17.9 Å². The normalized spacial score (nSPS) is 14.9. The lowest BCUT2D eigenvalue weighted by molar-refractivity contribution is 0.335. The first-order chi connectivity index (χ1) is 6.90. The zero-order valence-corrected chi connectivity index (χ0v) is 7.47. The van der Waals surface area contributed by atoms with Crippen LogP contribution in [-0.2, 0) is 0 Å². The number of rotatable bonds is 2. The van der Waals surface area contributed by atoms with E-state index in [9.17, 15) is 0 Å². The fourth-order valence-corrected chi connectivity index (χ4v) is 1.11. The Labute approximate surface area is 81.4 Å². The Hall–Kier alpha value is -1.83. The van der Waals surface area contributed by atoms with Gasteiger partial charge in [0.1, 0.15) is 5.76 Å². The van der Waals surface area contributed by atoms with Crippen LogP contribution < -0.4 is 0 Å². The van der Waals surface area contributed by atoms with E-state index in [2.05, 4.69) is 10.7 Å². The Kier molecular flexibility index (Phi) is 2.45. The van der Waals surface area contributed by atoms with Crippen molar-refractivity contribution in [1.82, 2.24) is 0 Å². The maximum absolute atomic E-state index is 8.89. The Morgan fingerprint density at radius 2 is 2.43 bits per heavy atom. The monoisotopic (exact) mass is 187 g/mol. The van der Waals surface area contributed by atoms with E-state index >= 15 is 0 Å². The number of aliphatic hydroxyl groups is 1. The van der Waals surface area contributed by atoms with Crippen molar-refractivity contribution in [3.05, 3.63) is 47.7 Å². The molecule has 0 aromatic carbocycles. The molecule has 0 saturated carbocycles. The molecule has 0 unspecified atom stereocenters. The molecule has 2 rings (SSSR count). The van der Waals surface area contributed by atoms with Crippen molar-refractivity contribution in [1.29, 1.82) is 0 Å². The molecule has 1 N–H and O–H groups in total. The van der Waals surface area contributed by atoms with E-state index in [1.807, 2.05) is 12.1 Å². The summed E-state index contributed by atoms with van der Waals surface area (Å²) in [6.07, 6.45) is 6.55. The summed E-state index contributed by atoms with van der Waals surface area (Å²) in [5.41, 5.74) is 4.50. The van der Waals surface area contributed by atoms with E-state index in [-0.39, 0.29) is 6.61 Å². The second-order valence-corrected chi connectivity index (χ2v) is 2.82. The fourth-order valence-electron chi connectivity index (χ4n) is 1.11. The quantitative estimate of drug-likeness (QED) is 0.717. The second kappa shape index (κ2) is 3.92. The lowest BCUT2D eigenvalue weighted by atomic mass is 10.2. The van der Waals surface area contributed by atoms with E-state index in [0.717, 1.165) is 16.9 Å². The molecule has 2 heterocycles. The Morgan fingerprint density at radius 1 is 1.50 bits per heavy atom. The van der Waals surface area contributed by atoms with Gasteiger partial charge in [0.2, 0.25) is 0 Å². The minimum Gasteiger partial charge on any atom is -0.464 e. The molecule has 1 aromatic rings. The molecule has 0 amide bonds. The van der Waals surface area contributed by atoms with Gasteiger partial charge in [-0.05, 0) is 18.2 Å². The highest BCUT2D eigenvalue weighted by Gasteiger charge is 2.01. The summed E-state index contributed by atoms with van der Waals surface area (Å²) < 4.78 is 5.20. The summed E-state index contributed by atoms with van der Waals surface area (Å²) in [4.78, 5) is 4.02. The van der Waals surface area contributed by atoms with Crippen LogP contribution in [0.2, 0.25) is 0 Å². The van der Waals surface area contributed by atoms with E-state index in [1.54, 1.807) is 24.8 Å². The van der Waals surface area contributed by atoms with Gasteiger partial charge in [0.25, 0.3) is 0 Å². The summed E-state index contributed by atoms with van der Waals surface area (Å²) in [6, 6.07) is 3.65. The van der Waals surface area contributed by atoms with Crippen molar-refractivity contribution in [2.45, 2.75) is 0 Å². The largest absolute Gasteiger partial charge is 0.464 e. The van der Waals surface area contributed by atoms with Gasteiger partial charge in [0.15, 0.2) is 0 Å². The second-order valence-electron chi connectivity index (χ2n) is 2.82. The third-order valence-corrected chi connectivity index (χ3v) is 1.83. The summed E-state index contributed by atoms with van der Waals surface area (Å²) in [7, 11) is 0. The van der Waals surface area contributed by atoms with Crippen LogP contribution in [0.1, 0.15) is 5.76 Å². The van der Waals surface area contributed by atoms with Gasteiger partial charge in [-0.2, -0.15) is 0 Å². The van der Waals surface area contributed by atoms with Crippen LogP contribution in [0.3, 0.4) is 0 Å². The van der Waals surface area contributed by atoms with Crippen molar-refractivity contribution >= 4 is 11.8 Å². The number of furan rings is 1. The number of hydrogen-bond donors (Lipinski definition) is 1. The lowest BCUT2D eigenvalue weighted by Gasteiger charge is -1.89. The molecule has 3 heteroatoms. The van der Waals surface area contributed by atoms with Gasteiger partial charge >= 0.3 is 0 Å². The molecule has 0 bridgehead atoms. The molecule has 0 radical (unpaired) electrons. The first-order valence-electron chi connectivity index (χ1n) is 4.24. The third-order valence-electron chi connectivity index (χ3n) is 1.83. The molecule has 0 aliphatic carbocycles. The molecule has 70 valence electrons. The van der Waals surface area contributed by atoms with Gasteiger partial charge in [-0.3, -0.25) is 4.99 Å². The molecule has 1 aromatic heterocycles. The minimum absolute atomic E-state index is 0.0320. The predicted octanol–water partition coefficient (Wildman–Crippen LogP) is 1.78. The SMILES string of the molecule is OCC1=CN=CC(c2ccco2)=C=C1. The first kappa shape index (κ1) is 8.75. The first-order valence-corrected chi connectivity index (χ1v) is 4.24. The summed E-state index contributed by atoms with van der Waals surface area (Å²) in [5, 5.41) is 8.89. The van der Waals surface area contributed by atoms with E-state index in [4.69, 9.17) is 9.52 Å². The highest BCUT2D eigenvalue weighted by atomic mass is 16.3. The van der Waals surface area contributed by atoms with Gasteiger partial charge in [-0.15, -0.1) is 5.73 Å². The minimum atomic E-state index is -0.0320. The van der Waals surface area contributed by atoms with Crippen LogP contribution in [0.5, 0.6) is 0 Å². The molecule has 0 spiro atoms. The van der Waals surface area contributed by atoms with Gasteiger partial charge in [0.05, 0.1) is 18.4 Å². The smallest absolute Gasteiger partial charge is 0.143 e. The zero-order valence-electron chi connectivity index (χ0n) is 7.47. The lowest BCUT2D eigenvalue weighted by Crippen LogP contribution is -1.82. The molecule has 0 saturated heterocycles. The van der Waals surface area contributed by atoms with Crippen molar-refractivity contribution in [2.75, 3.05) is 6.61 Å². The average Bonchev–Trinajstić information content (AvgIpc) is 2.63. The van der Waals surface area contributed by atoms with Crippen LogP contribution in [0, 0.1) is 0 Å². The third kappa shape index (κ3) is 1.74. The van der Waals surface area contributed by atoms with Crippen molar-refractivity contribution in [3.63, 3.8) is 0 Å². The van der Waals surface area contributed by atoms with Gasteiger partial charge in [-0.25, -0.2) is 0 Å². The molecule has 3 nitrogen and oxygen atoms in total. The topological polar surface area (TPSA) is 45.7 Å². The molecule has 1 aliphatic heterocycles. The highest BCUT2D eigenvalue weighted by Crippen LogP contribution is 2.13. The predicted molar refractivity (Wildman–Crippen MR) is 53.9 cm³/mol. The standard InChI is InChI=1S/C11H9NO2/c13-8-9-3-4-10(7-12-6-9)11-2-1-5-14-11/h1-3,5-7,13H,8H2. The van der Waals surface area contributed by atoms with Crippen LogP contribution in [0.25, 0.3) is 5.57 Å². The molecule has 0 atom stereocenters. The van der Waals surface area contributed by atoms with Crippen molar-refractivity contribution in [3.8, 4) is 0 Å². The molecule has 1 aliphatic rings. The van der Waals surface area contributed by atoms with Gasteiger partial charge in [0, 0.05) is 18.0 Å². The maximum atomic E-state index is 8.89. The van der Waals surface area contributed by atoms with E-state index in [1.165, 1.54) is 0 Å². The van der Waals surface area contributed by atoms with E-state index in [0.29, 0.717) is 0 Å². The zero-order chi connectivity index (χ0) is 9.80. The summed E-state index contributed by atoms with van der Waals surface area (Å²) >= 11 is 0. The number of aliphatic hydroxyl groups excluding tert-OH is 1. The van der Waals surface area contributed by atoms with Gasteiger partial charge in [-0.1, -0.05) is 0 Å². The average molecular weight is 187 g/mol. The highest BCUT2D eigenvalue weighted by molar-refractivity contribution is 6.08. The van der Waals surface area contributed by atoms with Crippen LogP contribution in [0.4, 0.5) is 0 Å². The van der Waals surface area contributed by atoms with Crippen molar-refractivity contribution < 1.29 is 9.52 Å². The van der Waals surface area contributed by atoms with Crippen molar-refractivity contribution in [2.24, 2.45) is 4.99 Å². The van der Waals surface area contributed by atoms with E-state index < -0.39 is 0 Å². The number of nitrogens with zero attached hydrogens (tertiary/aromatic N) is 1. The van der Waals surface area contributed by atoms with Crippen LogP contribution >= 0.6 is 0 Å².